The molecule has 4 heterocycles. The Hall–Kier alpha value is -3.02. The molecule has 2 saturated heterocycles. The Labute approximate surface area is 273 Å². The first-order valence-electron chi connectivity index (χ1n) is 16.0. The first-order chi connectivity index (χ1) is 21.5. The Morgan fingerprint density at radius 2 is 1.82 bits per heavy atom. The number of aliphatic hydroxyl groups excluding tert-OH is 1. The minimum absolute atomic E-state index is 0.173. The molecule has 4 aliphatic heterocycles. The number of allylic oxidation sites excluding steroid dienone is 1. The standard InChI is InChI=1S/C34H44BrN3O7/c1-5-6-16-37-17-12-8-11-15-25(40)36-21(4)28(22-13-9-7-10-14-22)44-33(43)26-27-31(41)38(24(19-39)20(2)3)30(32(37)42)34(27)18-23(35)29(26)45-34/h7-10,12-14,18,20-21,24,26-30,39H,5-6,11,15-17,19H2,1-4H3,(H,36,40)/b12-8-/t21-,24-,26+,27-,28+,29+,30+,34-/m0/s1. The molecule has 1 aromatic rings. The second-order valence-corrected chi connectivity index (χ2v) is 13.8. The largest absolute Gasteiger partial charge is 0.455 e. The number of amides is 3. The summed E-state index contributed by atoms with van der Waals surface area (Å²) >= 11 is 3.59. The zero-order valence-electron chi connectivity index (χ0n) is 26.4. The van der Waals surface area contributed by atoms with E-state index < -0.39 is 59.6 Å². The number of nitrogens with one attached hydrogen (secondary N) is 1. The Balaban J connectivity index is 1.63. The van der Waals surface area contributed by atoms with Crippen LogP contribution in [-0.4, -0.2) is 88.1 Å². The van der Waals surface area contributed by atoms with E-state index in [-0.39, 0.29) is 37.3 Å². The van der Waals surface area contributed by atoms with Crippen LogP contribution in [0.4, 0.5) is 0 Å². The van der Waals surface area contributed by atoms with Gasteiger partial charge in [0.25, 0.3) is 0 Å². The van der Waals surface area contributed by atoms with Gasteiger partial charge in [-0.05, 0) is 37.3 Å². The lowest BCUT2D eigenvalue weighted by molar-refractivity contribution is -0.162. The maximum Gasteiger partial charge on any atom is 0.313 e. The first kappa shape index (κ1) is 33.3. The van der Waals surface area contributed by atoms with E-state index >= 15 is 0 Å². The molecule has 0 unspecified atom stereocenters. The minimum Gasteiger partial charge on any atom is -0.455 e. The van der Waals surface area contributed by atoms with Crippen molar-refractivity contribution in [3.05, 3.63) is 58.6 Å². The van der Waals surface area contributed by atoms with E-state index in [1.165, 1.54) is 4.90 Å². The number of hydrogen-bond acceptors (Lipinski definition) is 7. The lowest BCUT2D eigenvalue weighted by Crippen LogP contribution is -2.59. The minimum atomic E-state index is -1.42. The van der Waals surface area contributed by atoms with Crippen molar-refractivity contribution >= 4 is 39.6 Å². The third kappa shape index (κ3) is 6.11. The molecule has 11 heteroatoms. The number of halogens is 1. The number of nitrogens with zero attached hydrogens (tertiary/aromatic N) is 2. The number of fused-ring (bicyclic) bond motifs is 2. The van der Waals surface area contributed by atoms with Gasteiger partial charge in [0.1, 0.15) is 29.8 Å². The van der Waals surface area contributed by atoms with E-state index in [1.54, 1.807) is 17.9 Å². The molecule has 2 N–H and O–H groups in total. The number of benzene rings is 1. The second kappa shape index (κ2) is 13.8. The number of rotatable bonds is 7. The van der Waals surface area contributed by atoms with Gasteiger partial charge in [-0.25, -0.2) is 0 Å². The zero-order chi connectivity index (χ0) is 32.5. The predicted octanol–water partition coefficient (Wildman–Crippen LogP) is 3.64. The SMILES string of the molecule is CCCCN1C/C=C\CCC(=O)N[C@@H](C)[C@H](c2ccccc2)OC(=O)[C@H]2[C@@H]3O[C@@]4(C=C3Br)[C@@H]2C(=O)N([C@@H](CO)C(C)C)[C@@H]4C1=O. The summed E-state index contributed by atoms with van der Waals surface area (Å²) in [6.07, 6.45) is 6.21. The normalized spacial score (nSPS) is 33.6. The van der Waals surface area contributed by atoms with Crippen LogP contribution in [0.15, 0.2) is 53.0 Å². The molecule has 0 radical (unpaired) electrons. The smallest absolute Gasteiger partial charge is 0.313 e. The number of likely N-dealkylation sites (tertiary alicyclic amines) is 1. The maximum atomic E-state index is 14.7. The van der Waals surface area contributed by atoms with Crippen LogP contribution in [0.1, 0.15) is 65.0 Å². The van der Waals surface area contributed by atoms with Gasteiger partial charge < -0.3 is 29.7 Å². The number of cyclic esters (lactones) is 1. The number of ether oxygens (including phenoxy) is 2. The molecule has 1 spiro atoms. The van der Waals surface area contributed by atoms with E-state index in [9.17, 15) is 24.3 Å². The molecule has 0 saturated carbocycles. The molecule has 2 fully saturated rings. The van der Waals surface area contributed by atoms with Crippen molar-refractivity contribution in [2.75, 3.05) is 19.7 Å². The van der Waals surface area contributed by atoms with Crippen molar-refractivity contribution in [2.24, 2.45) is 17.8 Å². The summed E-state index contributed by atoms with van der Waals surface area (Å²) < 4.78 is 13.4. The number of esters is 1. The van der Waals surface area contributed by atoms with Crippen LogP contribution in [0.3, 0.4) is 0 Å². The Morgan fingerprint density at radius 1 is 1.09 bits per heavy atom. The molecule has 3 amide bonds. The van der Waals surface area contributed by atoms with Gasteiger partial charge in [-0.15, -0.1) is 0 Å². The van der Waals surface area contributed by atoms with Gasteiger partial charge in [-0.1, -0.05) is 85.6 Å². The van der Waals surface area contributed by atoms with Gasteiger partial charge in [0.05, 0.1) is 24.6 Å². The number of unbranched alkanes of at least 4 members (excludes halogenated alkanes) is 1. The highest BCUT2D eigenvalue weighted by molar-refractivity contribution is 9.11. The fourth-order valence-corrected chi connectivity index (χ4v) is 7.97. The summed E-state index contributed by atoms with van der Waals surface area (Å²) in [6.45, 7) is 8.03. The lowest BCUT2D eigenvalue weighted by Gasteiger charge is -2.40. The summed E-state index contributed by atoms with van der Waals surface area (Å²) in [6, 6.07) is 6.86. The maximum absolute atomic E-state index is 14.7. The summed E-state index contributed by atoms with van der Waals surface area (Å²) in [5.74, 6) is -3.79. The monoisotopic (exact) mass is 685 g/mol. The van der Waals surface area contributed by atoms with E-state index in [0.717, 1.165) is 12.8 Å². The van der Waals surface area contributed by atoms with E-state index in [1.807, 2.05) is 63.3 Å². The van der Waals surface area contributed by atoms with Gasteiger partial charge in [0, 0.05) is 24.0 Å². The van der Waals surface area contributed by atoms with Crippen LogP contribution in [0.25, 0.3) is 0 Å². The van der Waals surface area contributed by atoms with E-state index in [4.69, 9.17) is 9.47 Å². The van der Waals surface area contributed by atoms with Crippen LogP contribution in [-0.2, 0) is 28.7 Å². The number of carbonyl (C=O) groups excluding carboxylic acids is 4. The number of aliphatic hydroxyl groups is 1. The molecule has 1 aromatic carbocycles. The average Bonchev–Trinajstić information content (AvgIpc) is 3.60. The van der Waals surface area contributed by atoms with Crippen LogP contribution in [0.2, 0.25) is 0 Å². The van der Waals surface area contributed by atoms with E-state index in [0.29, 0.717) is 23.0 Å². The first-order valence-corrected chi connectivity index (χ1v) is 16.8. The van der Waals surface area contributed by atoms with Crippen molar-refractivity contribution in [1.82, 2.24) is 15.1 Å². The molecule has 0 aromatic heterocycles. The van der Waals surface area contributed by atoms with Gasteiger partial charge >= 0.3 is 5.97 Å². The number of carbonyl (C=O) groups is 4. The van der Waals surface area contributed by atoms with Crippen molar-refractivity contribution < 1.29 is 33.8 Å². The van der Waals surface area contributed by atoms with Crippen molar-refractivity contribution in [3.63, 3.8) is 0 Å². The zero-order valence-corrected chi connectivity index (χ0v) is 27.9. The Morgan fingerprint density at radius 3 is 2.49 bits per heavy atom. The summed E-state index contributed by atoms with van der Waals surface area (Å²) in [7, 11) is 0. The Kier molecular flexibility index (Phi) is 10.2. The highest BCUT2D eigenvalue weighted by atomic mass is 79.9. The molecular weight excluding hydrogens is 642 g/mol. The molecule has 0 aliphatic carbocycles. The molecule has 8 atom stereocenters. The van der Waals surface area contributed by atoms with Crippen LogP contribution in [0.5, 0.6) is 0 Å². The lowest BCUT2D eigenvalue weighted by atomic mass is 9.74. The molecule has 244 valence electrons. The molecule has 4 aliphatic rings. The van der Waals surface area contributed by atoms with Crippen molar-refractivity contribution in [2.45, 2.75) is 89.3 Å². The highest BCUT2D eigenvalue weighted by Crippen LogP contribution is 2.59. The third-order valence-electron chi connectivity index (χ3n) is 9.52. The Bertz CT molecular complexity index is 1350. The van der Waals surface area contributed by atoms with Crippen LogP contribution < -0.4 is 5.32 Å². The molecule has 45 heavy (non-hydrogen) atoms. The van der Waals surface area contributed by atoms with Gasteiger partial charge in [0.2, 0.25) is 17.7 Å². The quantitative estimate of drug-likeness (QED) is 0.332. The van der Waals surface area contributed by atoms with Gasteiger partial charge in [0.15, 0.2) is 0 Å². The third-order valence-corrected chi connectivity index (χ3v) is 10.2. The second-order valence-electron chi connectivity index (χ2n) is 12.8. The molecular formula is C34H44BrN3O7. The summed E-state index contributed by atoms with van der Waals surface area (Å²) in [5.41, 5.74) is -0.725. The van der Waals surface area contributed by atoms with Crippen LogP contribution in [0, 0.1) is 17.8 Å². The molecule has 5 bridgehead atoms. The van der Waals surface area contributed by atoms with Crippen molar-refractivity contribution in [1.29, 1.82) is 0 Å². The van der Waals surface area contributed by atoms with Crippen molar-refractivity contribution in [3.8, 4) is 0 Å². The average molecular weight is 687 g/mol. The fourth-order valence-electron chi connectivity index (χ4n) is 7.24. The molecule has 5 rings (SSSR count). The summed E-state index contributed by atoms with van der Waals surface area (Å²) in [4.78, 5) is 59.6. The highest BCUT2D eigenvalue weighted by Gasteiger charge is 2.75. The fraction of sp³-hybridized carbons (Fsp3) is 0.588. The predicted molar refractivity (Wildman–Crippen MR) is 171 cm³/mol. The van der Waals surface area contributed by atoms with Crippen LogP contribution >= 0.6 is 15.9 Å². The topological polar surface area (TPSA) is 125 Å². The van der Waals surface area contributed by atoms with Gasteiger partial charge in [-0.3, -0.25) is 19.2 Å². The van der Waals surface area contributed by atoms with E-state index in [2.05, 4.69) is 21.2 Å². The number of hydrogen-bond donors (Lipinski definition) is 2. The summed E-state index contributed by atoms with van der Waals surface area (Å²) in [5, 5.41) is 13.5. The molecule has 10 nitrogen and oxygen atoms in total. The van der Waals surface area contributed by atoms with Gasteiger partial charge in [-0.2, -0.15) is 0 Å².